The molecule has 2 N–H and O–H groups in total. The van der Waals surface area contributed by atoms with Crippen LogP contribution in [0.15, 0.2) is 36.4 Å². The minimum absolute atomic E-state index is 0.0157. The molecule has 0 saturated heterocycles. The van der Waals surface area contributed by atoms with Crippen molar-refractivity contribution >= 4 is 5.78 Å². The van der Waals surface area contributed by atoms with Gasteiger partial charge in [0.05, 0.1) is 11.1 Å². The molecule has 0 unspecified atom stereocenters. The van der Waals surface area contributed by atoms with E-state index in [1.54, 1.807) is 0 Å². The topological polar surface area (TPSA) is 57.5 Å². The smallest absolute Gasteiger partial charge is 0.416 e. The van der Waals surface area contributed by atoms with Crippen molar-refractivity contribution < 1.29 is 41.4 Å². The molecule has 3 nitrogen and oxygen atoms in total. The summed E-state index contributed by atoms with van der Waals surface area (Å²) in [5, 5.41) is 19.3. The zero-order valence-electron chi connectivity index (χ0n) is 14.4. The lowest BCUT2D eigenvalue weighted by Crippen LogP contribution is -2.06. The van der Waals surface area contributed by atoms with Gasteiger partial charge in [-0.15, -0.1) is 0 Å². The molecule has 0 spiro atoms. The van der Waals surface area contributed by atoms with E-state index in [2.05, 4.69) is 0 Å². The summed E-state index contributed by atoms with van der Waals surface area (Å²) in [6.07, 6.45) is -9.28. The summed E-state index contributed by atoms with van der Waals surface area (Å²) in [5.74, 6) is -1.44. The molecule has 0 radical (unpaired) electrons. The molecule has 0 aliphatic rings. The number of ketones is 1. The highest BCUT2D eigenvalue weighted by molar-refractivity contribution is 5.79. The Morgan fingerprint density at radius 1 is 0.714 bits per heavy atom. The van der Waals surface area contributed by atoms with Crippen LogP contribution in [0.3, 0.4) is 0 Å². The van der Waals surface area contributed by atoms with Crippen LogP contribution in [0.1, 0.15) is 35.1 Å². The minimum Gasteiger partial charge on any atom is -0.508 e. The second kappa shape index (κ2) is 8.12. The average Bonchev–Trinajstić information content (AvgIpc) is 2.57. The van der Waals surface area contributed by atoms with Crippen molar-refractivity contribution in [2.45, 2.75) is 38.0 Å². The molecule has 28 heavy (non-hydrogen) atoms. The van der Waals surface area contributed by atoms with Crippen molar-refractivity contribution in [3.63, 3.8) is 0 Å². The summed E-state index contributed by atoms with van der Waals surface area (Å²) in [6, 6.07) is 4.96. The molecule has 0 amide bonds. The first-order valence-corrected chi connectivity index (χ1v) is 8.18. The normalized spacial score (nSPS) is 12.2. The van der Waals surface area contributed by atoms with Gasteiger partial charge in [-0.2, -0.15) is 26.3 Å². The Kier molecular flexibility index (Phi) is 6.26. The van der Waals surface area contributed by atoms with Gasteiger partial charge < -0.3 is 10.2 Å². The fourth-order valence-corrected chi connectivity index (χ4v) is 2.58. The highest BCUT2D eigenvalue weighted by atomic mass is 19.4. The lowest BCUT2D eigenvalue weighted by molar-refractivity contribution is -0.138. The number of halogens is 6. The molecule has 9 heteroatoms. The number of hydrogen-bond acceptors (Lipinski definition) is 3. The molecule has 0 fully saturated rings. The van der Waals surface area contributed by atoms with Gasteiger partial charge in [0.15, 0.2) is 0 Å². The quantitative estimate of drug-likeness (QED) is 0.643. The van der Waals surface area contributed by atoms with Crippen molar-refractivity contribution in [2.75, 3.05) is 0 Å². The first-order valence-electron chi connectivity index (χ1n) is 8.18. The second-order valence-corrected chi connectivity index (χ2v) is 6.22. The molecule has 0 bridgehead atoms. The SMILES string of the molecule is O=C(CCc1ccc(C(F)(F)F)cc1O)CCc1ccc(C(F)(F)F)cc1O. The number of phenolic OH excluding ortho intramolecular Hbond substituents is 2. The summed E-state index contributed by atoms with van der Waals surface area (Å²) >= 11 is 0. The first kappa shape index (κ1) is 21.6. The van der Waals surface area contributed by atoms with Gasteiger partial charge in [0.25, 0.3) is 0 Å². The van der Waals surface area contributed by atoms with Gasteiger partial charge in [-0.1, -0.05) is 12.1 Å². The summed E-state index contributed by atoms with van der Waals surface area (Å²) in [7, 11) is 0. The number of benzene rings is 2. The monoisotopic (exact) mass is 406 g/mol. The van der Waals surface area contributed by atoms with Crippen LogP contribution in [0.25, 0.3) is 0 Å². The van der Waals surface area contributed by atoms with E-state index in [1.165, 1.54) is 0 Å². The highest BCUT2D eigenvalue weighted by Gasteiger charge is 2.31. The third kappa shape index (κ3) is 5.64. The van der Waals surface area contributed by atoms with Crippen LogP contribution in [-0.4, -0.2) is 16.0 Å². The van der Waals surface area contributed by atoms with Crippen LogP contribution >= 0.6 is 0 Å². The van der Waals surface area contributed by atoms with Crippen molar-refractivity contribution in [3.05, 3.63) is 58.7 Å². The van der Waals surface area contributed by atoms with Gasteiger partial charge in [0, 0.05) is 12.8 Å². The molecule has 2 rings (SSSR count). The number of carbonyl (C=O) groups is 1. The van der Waals surface area contributed by atoms with Crippen molar-refractivity contribution in [2.24, 2.45) is 0 Å². The average molecular weight is 406 g/mol. The Hall–Kier alpha value is -2.71. The first-order chi connectivity index (χ1) is 12.9. The molecule has 0 saturated carbocycles. The van der Waals surface area contributed by atoms with Crippen molar-refractivity contribution in [3.8, 4) is 11.5 Å². The van der Waals surface area contributed by atoms with Crippen LogP contribution in [0.4, 0.5) is 26.3 Å². The van der Waals surface area contributed by atoms with E-state index in [4.69, 9.17) is 0 Å². The zero-order valence-corrected chi connectivity index (χ0v) is 14.4. The van der Waals surface area contributed by atoms with E-state index >= 15 is 0 Å². The Labute approximate surface area is 156 Å². The van der Waals surface area contributed by atoms with E-state index in [0.29, 0.717) is 12.1 Å². The molecule has 0 atom stereocenters. The lowest BCUT2D eigenvalue weighted by atomic mass is 10.00. The zero-order chi connectivity index (χ0) is 21.1. The van der Waals surface area contributed by atoms with Gasteiger partial charge in [0.2, 0.25) is 0 Å². The molecule has 0 aromatic heterocycles. The third-order valence-corrected chi connectivity index (χ3v) is 4.17. The van der Waals surface area contributed by atoms with Gasteiger partial charge in [-0.25, -0.2) is 0 Å². The predicted molar refractivity (Wildman–Crippen MR) is 87.9 cm³/mol. The molecular weight excluding hydrogens is 390 g/mol. The number of aromatic hydroxyl groups is 2. The van der Waals surface area contributed by atoms with Crippen LogP contribution in [0.5, 0.6) is 11.5 Å². The van der Waals surface area contributed by atoms with E-state index in [-0.39, 0.29) is 42.6 Å². The van der Waals surface area contributed by atoms with Crippen molar-refractivity contribution in [1.82, 2.24) is 0 Å². The van der Waals surface area contributed by atoms with E-state index in [0.717, 1.165) is 24.3 Å². The Morgan fingerprint density at radius 3 is 1.36 bits per heavy atom. The molecule has 152 valence electrons. The number of hydrogen-bond donors (Lipinski definition) is 2. The van der Waals surface area contributed by atoms with Crippen LogP contribution in [0.2, 0.25) is 0 Å². The van der Waals surface area contributed by atoms with Crippen LogP contribution < -0.4 is 0 Å². The molecule has 2 aromatic rings. The van der Waals surface area contributed by atoms with Gasteiger partial charge >= 0.3 is 12.4 Å². The summed E-state index contributed by atoms with van der Waals surface area (Å²) in [4.78, 5) is 11.9. The summed E-state index contributed by atoms with van der Waals surface area (Å²) in [6.45, 7) is 0. The summed E-state index contributed by atoms with van der Waals surface area (Å²) < 4.78 is 75.3. The number of carbonyl (C=O) groups excluding carboxylic acids is 1. The lowest BCUT2D eigenvalue weighted by Gasteiger charge is -2.11. The number of alkyl halides is 6. The number of aryl methyl sites for hydroxylation is 2. The summed E-state index contributed by atoms with van der Waals surface area (Å²) in [5.41, 5.74) is -1.65. The number of rotatable bonds is 6. The van der Waals surface area contributed by atoms with E-state index in [1.807, 2.05) is 0 Å². The maximum atomic E-state index is 12.6. The highest BCUT2D eigenvalue weighted by Crippen LogP contribution is 2.34. The minimum atomic E-state index is -4.59. The number of Topliss-reactive ketones (excluding diaryl/α,β-unsaturated/α-hetero) is 1. The maximum Gasteiger partial charge on any atom is 0.416 e. The molecule has 0 heterocycles. The Balaban J connectivity index is 1.92. The van der Waals surface area contributed by atoms with Gasteiger partial charge in [-0.05, 0) is 48.2 Å². The van der Waals surface area contributed by atoms with Gasteiger partial charge in [0.1, 0.15) is 17.3 Å². The maximum absolute atomic E-state index is 12.6. The third-order valence-electron chi connectivity index (χ3n) is 4.17. The Morgan fingerprint density at radius 2 is 1.07 bits per heavy atom. The van der Waals surface area contributed by atoms with Gasteiger partial charge in [-0.3, -0.25) is 4.79 Å². The van der Waals surface area contributed by atoms with E-state index in [9.17, 15) is 41.4 Å². The van der Waals surface area contributed by atoms with Crippen molar-refractivity contribution in [1.29, 1.82) is 0 Å². The fourth-order valence-electron chi connectivity index (χ4n) is 2.58. The molecule has 0 aliphatic carbocycles. The standard InChI is InChI=1S/C19H16F6O3/c20-18(21,22)13-5-1-11(16(27)9-13)3-7-15(26)8-4-12-2-6-14(10-17(12)28)19(23,24)25/h1-2,5-6,9-10,27-28H,3-4,7-8H2. The van der Waals surface area contributed by atoms with Crippen LogP contribution in [-0.2, 0) is 30.0 Å². The largest absolute Gasteiger partial charge is 0.508 e. The number of phenols is 2. The molecular formula is C19H16F6O3. The fraction of sp³-hybridized carbons (Fsp3) is 0.316. The second-order valence-electron chi connectivity index (χ2n) is 6.22. The molecule has 2 aromatic carbocycles. The Bertz CT molecular complexity index is 786. The van der Waals surface area contributed by atoms with E-state index < -0.39 is 35.0 Å². The molecule has 0 aliphatic heterocycles. The van der Waals surface area contributed by atoms with Crippen LogP contribution in [0, 0.1) is 0 Å². The predicted octanol–water partition coefficient (Wildman–Crippen LogP) is 5.27.